The first kappa shape index (κ1) is 20.0. The molecule has 1 heterocycles. The predicted octanol–water partition coefficient (Wildman–Crippen LogP) is 3.21. The Hall–Kier alpha value is -1.77. The fourth-order valence-corrected chi connectivity index (χ4v) is 5.64. The van der Waals surface area contributed by atoms with E-state index in [0.29, 0.717) is 11.0 Å². The van der Waals surface area contributed by atoms with Crippen molar-refractivity contribution >= 4 is 32.4 Å². The Morgan fingerprint density at radius 1 is 1.26 bits per heavy atom. The molecule has 146 valence electrons. The van der Waals surface area contributed by atoms with E-state index in [1.807, 2.05) is 13.8 Å². The van der Waals surface area contributed by atoms with Gasteiger partial charge in [-0.25, -0.2) is 13.4 Å². The normalized spacial score (nSPS) is 18.1. The minimum absolute atomic E-state index is 0.141. The molecule has 0 aliphatic heterocycles. The SMILES string of the molecule is CC1CCc2nc(NC(=O)[C@@H](NS(=O)(=O)c3ccccc3)C(C)C)sc2C1. The summed E-state index contributed by atoms with van der Waals surface area (Å²) < 4.78 is 27.7. The zero-order valence-corrected chi connectivity index (χ0v) is 17.4. The summed E-state index contributed by atoms with van der Waals surface area (Å²) in [4.78, 5) is 18.7. The van der Waals surface area contributed by atoms with Crippen molar-refractivity contribution in [3.63, 3.8) is 0 Å². The van der Waals surface area contributed by atoms with Crippen LogP contribution in [0.3, 0.4) is 0 Å². The molecule has 8 heteroatoms. The van der Waals surface area contributed by atoms with Gasteiger partial charge in [-0.2, -0.15) is 4.72 Å². The number of nitrogens with zero attached hydrogens (tertiary/aromatic N) is 1. The number of sulfonamides is 1. The van der Waals surface area contributed by atoms with Crippen LogP contribution in [0.1, 0.15) is 37.8 Å². The van der Waals surface area contributed by atoms with Gasteiger partial charge >= 0.3 is 0 Å². The molecule has 1 aromatic carbocycles. The molecule has 1 unspecified atom stereocenters. The van der Waals surface area contributed by atoms with Gasteiger partial charge in [-0.1, -0.05) is 39.0 Å². The molecule has 3 rings (SSSR count). The largest absolute Gasteiger partial charge is 0.301 e. The number of amides is 1. The molecule has 0 fully saturated rings. The number of carbonyl (C=O) groups excluding carboxylic acids is 1. The van der Waals surface area contributed by atoms with Crippen molar-refractivity contribution in [3.8, 4) is 0 Å². The van der Waals surface area contributed by atoms with Crippen molar-refractivity contribution in [2.45, 2.75) is 51.0 Å². The quantitative estimate of drug-likeness (QED) is 0.770. The van der Waals surface area contributed by atoms with Crippen LogP contribution in [-0.4, -0.2) is 25.4 Å². The van der Waals surface area contributed by atoms with Gasteiger partial charge in [0.25, 0.3) is 0 Å². The van der Waals surface area contributed by atoms with Gasteiger partial charge in [-0.3, -0.25) is 4.79 Å². The molecule has 1 aliphatic carbocycles. The maximum Gasteiger partial charge on any atom is 0.244 e. The Morgan fingerprint density at radius 2 is 1.96 bits per heavy atom. The van der Waals surface area contributed by atoms with Crippen molar-refractivity contribution in [2.24, 2.45) is 11.8 Å². The molecule has 0 saturated heterocycles. The summed E-state index contributed by atoms with van der Waals surface area (Å²) >= 11 is 1.49. The first-order valence-electron chi connectivity index (χ1n) is 9.13. The van der Waals surface area contributed by atoms with Gasteiger partial charge in [-0.15, -0.1) is 11.3 Å². The lowest BCUT2D eigenvalue weighted by molar-refractivity contribution is -0.118. The highest BCUT2D eigenvalue weighted by atomic mass is 32.2. The van der Waals surface area contributed by atoms with Gasteiger partial charge in [0.05, 0.1) is 10.6 Å². The minimum atomic E-state index is -3.78. The maximum atomic E-state index is 12.8. The van der Waals surface area contributed by atoms with Gasteiger partial charge in [0, 0.05) is 4.88 Å². The monoisotopic (exact) mass is 407 g/mol. The van der Waals surface area contributed by atoms with Crippen LogP contribution in [0.15, 0.2) is 35.2 Å². The Balaban J connectivity index is 1.74. The topological polar surface area (TPSA) is 88.2 Å². The molecule has 1 aromatic heterocycles. The summed E-state index contributed by atoms with van der Waals surface area (Å²) in [6.07, 6.45) is 3.02. The standard InChI is InChI=1S/C19H25N3O3S2/c1-12(2)17(22-27(24,25)14-7-5-4-6-8-14)18(23)21-19-20-15-10-9-13(3)11-16(15)26-19/h4-8,12-13,17,22H,9-11H2,1-3H3,(H,20,21,23)/t13?,17-/m0/s1. The van der Waals surface area contributed by atoms with E-state index in [2.05, 4.69) is 21.9 Å². The highest BCUT2D eigenvalue weighted by molar-refractivity contribution is 7.89. The number of carbonyl (C=O) groups is 1. The van der Waals surface area contributed by atoms with E-state index < -0.39 is 16.1 Å². The number of thiazole rings is 1. The smallest absolute Gasteiger partial charge is 0.244 e. The molecule has 27 heavy (non-hydrogen) atoms. The number of benzene rings is 1. The molecule has 1 amide bonds. The molecule has 0 saturated carbocycles. The third-order valence-corrected chi connectivity index (χ3v) is 7.19. The Kier molecular flexibility index (Phi) is 5.98. The van der Waals surface area contributed by atoms with E-state index in [0.717, 1.165) is 25.0 Å². The zero-order valence-electron chi connectivity index (χ0n) is 15.7. The molecule has 6 nitrogen and oxygen atoms in total. The molecule has 0 spiro atoms. The second-order valence-corrected chi connectivity index (χ2v) is 10.2. The lowest BCUT2D eigenvalue weighted by Gasteiger charge is -2.21. The average molecular weight is 408 g/mol. The molecule has 2 N–H and O–H groups in total. The number of nitrogens with one attached hydrogen (secondary N) is 2. The molecule has 0 radical (unpaired) electrons. The predicted molar refractivity (Wildman–Crippen MR) is 107 cm³/mol. The summed E-state index contributed by atoms with van der Waals surface area (Å²) in [5, 5.41) is 3.36. The maximum absolute atomic E-state index is 12.8. The Labute approximate surface area is 164 Å². The van der Waals surface area contributed by atoms with Crippen molar-refractivity contribution in [1.82, 2.24) is 9.71 Å². The van der Waals surface area contributed by atoms with E-state index in [9.17, 15) is 13.2 Å². The number of rotatable bonds is 6. The highest BCUT2D eigenvalue weighted by Gasteiger charge is 2.29. The summed E-state index contributed by atoms with van der Waals surface area (Å²) in [5.74, 6) is 0.0318. The van der Waals surface area contributed by atoms with Crippen molar-refractivity contribution in [3.05, 3.63) is 40.9 Å². The van der Waals surface area contributed by atoms with Crippen LogP contribution in [0.5, 0.6) is 0 Å². The molecule has 2 atom stereocenters. The van der Waals surface area contributed by atoms with Crippen LogP contribution >= 0.6 is 11.3 Å². The van der Waals surface area contributed by atoms with E-state index in [1.165, 1.54) is 28.3 Å². The lowest BCUT2D eigenvalue weighted by Crippen LogP contribution is -2.47. The minimum Gasteiger partial charge on any atom is -0.301 e. The summed E-state index contributed by atoms with van der Waals surface area (Å²) in [5.41, 5.74) is 1.05. The van der Waals surface area contributed by atoms with Gasteiger partial charge in [0.15, 0.2) is 5.13 Å². The zero-order chi connectivity index (χ0) is 19.6. The fourth-order valence-electron chi connectivity index (χ4n) is 3.10. The van der Waals surface area contributed by atoms with E-state index in [-0.39, 0.29) is 16.7 Å². The van der Waals surface area contributed by atoms with Crippen LogP contribution in [0, 0.1) is 11.8 Å². The number of anilines is 1. The summed E-state index contributed by atoms with van der Waals surface area (Å²) in [6.45, 7) is 5.84. The van der Waals surface area contributed by atoms with Gasteiger partial charge in [0.1, 0.15) is 6.04 Å². The van der Waals surface area contributed by atoms with E-state index in [4.69, 9.17) is 0 Å². The molecule has 0 bridgehead atoms. The van der Waals surface area contributed by atoms with Crippen LogP contribution < -0.4 is 10.0 Å². The summed E-state index contributed by atoms with van der Waals surface area (Å²) in [7, 11) is -3.78. The molecular formula is C19H25N3O3S2. The highest BCUT2D eigenvalue weighted by Crippen LogP contribution is 2.32. The van der Waals surface area contributed by atoms with Gasteiger partial charge in [0.2, 0.25) is 15.9 Å². The second kappa shape index (κ2) is 8.08. The van der Waals surface area contributed by atoms with Crippen LogP contribution in [0.4, 0.5) is 5.13 Å². The van der Waals surface area contributed by atoms with Crippen LogP contribution in [-0.2, 0) is 27.7 Å². The molecule has 1 aliphatic rings. The van der Waals surface area contributed by atoms with Crippen LogP contribution in [0.2, 0.25) is 0 Å². The third-order valence-electron chi connectivity index (χ3n) is 4.70. The molecule has 2 aromatic rings. The van der Waals surface area contributed by atoms with Crippen molar-refractivity contribution in [2.75, 3.05) is 5.32 Å². The van der Waals surface area contributed by atoms with Gasteiger partial charge in [-0.05, 0) is 43.2 Å². The molecular weight excluding hydrogens is 382 g/mol. The first-order chi connectivity index (χ1) is 12.8. The Bertz CT molecular complexity index is 908. The number of aromatic nitrogens is 1. The number of fused-ring (bicyclic) bond motifs is 1. The lowest BCUT2D eigenvalue weighted by atomic mass is 9.93. The fraction of sp³-hybridized carbons (Fsp3) is 0.474. The Morgan fingerprint density at radius 3 is 2.63 bits per heavy atom. The first-order valence-corrected chi connectivity index (χ1v) is 11.4. The third kappa shape index (κ3) is 4.75. The number of hydrogen-bond donors (Lipinski definition) is 2. The second-order valence-electron chi connectivity index (χ2n) is 7.38. The van der Waals surface area contributed by atoms with Crippen LogP contribution in [0.25, 0.3) is 0 Å². The average Bonchev–Trinajstić information content (AvgIpc) is 3.01. The van der Waals surface area contributed by atoms with E-state index in [1.54, 1.807) is 18.2 Å². The van der Waals surface area contributed by atoms with E-state index >= 15 is 0 Å². The van der Waals surface area contributed by atoms with Crippen molar-refractivity contribution in [1.29, 1.82) is 0 Å². The number of hydrogen-bond acceptors (Lipinski definition) is 5. The van der Waals surface area contributed by atoms with Crippen molar-refractivity contribution < 1.29 is 13.2 Å². The number of aryl methyl sites for hydroxylation is 1. The van der Waals surface area contributed by atoms with Gasteiger partial charge < -0.3 is 5.32 Å². The summed E-state index contributed by atoms with van der Waals surface area (Å²) in [6, 6.07) is 7.19.